The fraction of sp³-hybridized carbons (Fsp3) is 0.150. The van der Waals surface area contributed by atoms with E-state index in [9.17, 15) is 10.1 Å². The van der Waals surface area contributed by atoms with Gasteiger partial charge in [-0.15, -0.1) is 0 Å². The van der Waals surface area contributed by atoms with Crippen LogP contribution in [-0.4, -0.2) is 19.1 Å². The predicted octanol–water partition coefficient (Wildman–Crippen LogP) is 5.06. The van der Waals surface area contributed by atoms with E-state index in [0.29, 0.717) is 33.8 Å². The van der Waals surface area contributed by atoms with E-state index < -0.39 is 5.91 Å². The van der Waals surface area contributed by atoms with Crippen LogP contribution in [0, 0.1) is 22.7 Å². The molecule has 2 rings (SSSR count). The van der Waals surface area contributed by atoms with Crippen LogP contribution in [0.1, 0.15) is 12.5 Å². The topological polar surface area (TPSA) is 95.1 Å². The van der Waals surface area contributed by atoms with Crippen molar-refractivity contribution in [3.63, 3.8) is 0 Å². The molecular formula is C20H15Br2N3O3. The van der Waals surface area contributed by atoms with Gasteiger partial charge >= 0.3 is 0 Å². The van der Waals surface area contributed by atoms with Crippen LogP contribution < -0.4 is 14.8 Å². The minimum atomic E-state index is -0.528. The molecule has 0 heterocycles. The molecule has 0 saturated carbocycles. The average Bonchev–Trinajstić information content (AvgIpc) is 2.65. The Hall–Kier alpha value is -2.81. The quantitative estimate of drug-likeness (QED) is 0.420. The van der Waals surface area contributed by atoms with Crippen LogP contribution in [0.25, 0.3) is 6.08 Å². The molecule has 1 amide bonds. The molecule has 6 nitrogen and oxygen atoms in total. The van der Waals surface area contributed by atoms with E-state index in [1.54, 1.807) is 30.3 Å². The van der Waals surface area contributed by atoms with E-state index in [4.69, 9.17) is 14.7 Å². The van der Waals surface area contributed by atoms with Gasteiger partial charge in [-0.3, -0.25) is 4.79 Å². The molecule has 0 bridgehead atoms. The van der Waals surface area contributed by atoms with Crippen molar-refractivity contribution < 1.29 is 14.3 Å². The highest BCUT2D eigenvalue weighted by Crippen LogP contribution is 2.37. The Balaban J connectivity index is 2.33. The average molecular weight is 505 g/mol. The van der Waals surface area contributed by atoms with E-state index in [1.165, 1.54) is 6.08 Å². The fourth-order valence-corrected chi connectivity index (χ4v) is 3.23. The summed E-state index contributed by atoms with van der Waals surface area (Å²) in [6.45, 7) is 2.07. The number of anilines is 1. The van der Waals surface area contributed by atoms with Gasteiger partial charge in [-0.05, 0) is 64.8 Å². The molecule has 0 spiro atoms. The minimum absolute atomic E-state index is 0.0694. The summed E-state index contributed by atoms with van der Waals surface area (Å²) in [6.07, 6.45) is 1.45. The van der Waals surface area contributed by atoms with Crippen molar-refractivity contribution in [3.8, 4) is 23.6 Å². The second-order valence-electron chi connectivity index (χ2n) is 5.34. The van der Waals surface area contributed by atoms with Crippen molar-refractivity contribution in [1.29, 1.82) is 10.5 Å². The molecule has 0 fully saturated rings. The van der Waals surface area contributed by atoms with Crippen molar-refractivity contribution in [2.24, 2.45) is 0 Å². The lowest BCUT2D eigenvalue weighted by atomic mass is 10.1. The van der Waals surface area contributed by atoms with Crippen LogP contribution in [0.15, 0.2) is 50.9 Å². The molecule has 0 aliphatic rings. The molecule has 2 aromatic rings. The van der Waals surface area contributed by atoms with Crippen molar-refractivity contribution in [2.75, 3.05) is 18.5 Å². The Morgan fingerprint density at radius 2 is 2.00 bits per heavy atom. The van der Waals surface area contributed by atoms with Gasteiger partial charge in [-0.2, -0.15) is 10.5 Å². The standard InChI is InChI=1S/C20H15Br2N3O3/c1-2-27-18-10-13(9-17(22)19(18)28-7-6-23)8-14(12-24)20(26)25-16-5-3-4-15(21)11-16/h3-5,8-11H,2,7H2,1H3,(H,25,26)/b14-8-. The Labute approximate surface area is 179 Å². The van der Waals surface area contributed by atoms with E-state index in [0.717, 1.165) is 4.47 Å². The smallest absolute Gasteiger partial charge is 0.266 e. The normalized spacial score (nSPS) is 10.5. The summed E-state index contributed by atoms with van der Waals surface area (Å²) in [5, 5.41) is 20.8. The number of benzene rings is 2. The summed E-state index contributed by atoms with van der Waals surface area (Å²) >= 11 is 6.71. The van der Waals surface area contributed by atoms with Crippen molar-refractivity contribution in [1.82, 2.24) is 0 Å². The first-order chi connectivity index (χ1) is 13.5. The number of carbonyl (C=O) groups is 1. The summed E-state index contributed by atoms with van der Waals surface area (Å²) in [7, 11) is 0. The van der Waals surface area contributed by atoms with Gasteiger partial charge in [0.2, 0.25) is 0 Å². The number of nitrogens with zero attached hydrogens (tertiary/aromatic N) is 2. The van der Waals surface area contributed by atoms with Crippen LogP contribution >= 0.6 is 31.9 Å². The Morgan fingerprint density at radius 3 is 2.64 bits per heavy atom. The molecule has 0 aromatic heterocycles. The predicted molar refractivity (Wildman–Crippen MR) is 113 cm³/mol. The molecule has 0 aliphatic carbocycles. The van der Waals surface area contributed by atoms with Gasteiger partial charge in [0.25, 0.3) is 5.91 Å². The lowest BCUT2D eigenvalue weighted by Gasteiger charge is -2.13. The molecule has 28 heavy (non-hydrogen) atoms. The largest absolute Gasteiger partial charge is 0.490 e. The van der Waals surface area contributed by atoms with Gasteiger partial charge in [0.15, 0.2) is 18.1 Å². The zero-order valence-electron chi connectivity index (χ0n) is 14.8. The highest BCUT2D eigenvalue weighted by atomic mass is 79.9. The van der Waals surface area contributed by atoms with Crippen molar-refractivity contribution >= 4 is 49.5 Å². The Morgan fingerprint density at radius 1 is 1.21 bits per heavy atom. The number of halogens is 2. The van der Waals surface area contributed by atoms with Crippen LogP contribution in [-0.2, 0) is 4.79 Å². The zero-order valence-corrected chi connectivity index (χ0v) is 18.0. The number of rotatable bonds is 7. The first-order valence-corrected chi connectivity index (χ1v) is 9.71. The monoisotopic (exact) mass is 503 g/mol. The third kappa shape index (κ3) is 5.85. The molecule has 0 aliphatic heterocycles. The van der Waals surface area contributed by atoms with Crippen LogP contribution in [0.5, 0.6) is 11.5 Å². The first-order valence-electron chi connectivity index (χ1n) is 8.13. The van der Waals surface area contributed by atoms with Crippen LogP contribution in [0.3, 0.4) is 0 Å². The minimum Gasteiger partial charge on any atom is -0.490 e. The van der Waals surface area contributed by atoms with Crippen LogP contribution in [0.2, 0.25) is 0 Å². The van der Waals surface area contributed by atoms with Crippen LogP contribution in [0.4, 0.5) is 5.69 Å². The Kier molecular flexibility index (Phi) is 8.06. The number of hydrogen-bond donors (Lipinski definition) is 1. The summed E-state index contributed by atoms with van der Waals surface area (Å²) in [5.41, 5.74) is 1.07. The number of ether oxygens (including phenoxy) is 2. The highest BCUT2D eigenvalue weighted by molar-refractivity contribution is 9.10. The summed E-state index contributed by atoms with van der Waals surface area (Å²) in [4.78, 5) is 12.4. The highest BCUT2D eigenvalue weighted by Gasteiger charge is 2.14. The molecule has 142 valence electrons. The molecule has 0 radical (unpaired) electrons. The van der Waals surface area contributed by atoms with Gasteiger partial charge in [-0.25, -0.2) is 0 Å². The third-order valence-corrected chi connectivity index (χ3v) is 4.45. The maximum absolute atomic E-state index is 12.4. The van der Waals surface area contributed by atoms with Crippen molar-refractivity contribution in [2.45, 2.75) is 6.92 Å². The third-order valence-electron chi connectivity index (χ3n) is 3.37. The summed E-state index contributed by atoms with van der Waals surface area (Å²) < 4.78 is 12.3. The summed E-state index contributed by atoms with van der Waals surface area (Å²) in [6, 6.07) is 14.2. The number of carbonyl (C=O) groups excluding carboxylic acids is 1. The van der Waals surface area contributed by atoms with E-state index in [1.807, 2.05) is 25.1 Å². The van der Waals surface area contributed by atoms with E-state index in [-0.39, 0.29) is 12.2 Å². The Bertz CT molecular complexity index is 991. The van der Waals surface area contributed by atoms with Gasteiger partial charge in [-0.1, -0.05) is 22.0 Å². The number of hydrogen-bond acceptors (Lipinski definition) is 5. The number of amides is 1. The lowest BCUT2D eigenvalue weighted by molar-refractivity contribution is -0.112. The molecular weight excluding hydrogens is 490 g/mol. The molecule has 8 heteroatoms. The molecule has 1 N–H and O–H groups in total. The second kappa shape index (κ2) is 10.5. The molecule has 0 unspecified atom stereocenters. The maximum atomic E-state index is 12.4. The molecule has 0 saturated heterocycles. The van der Waals surface area contributed by atoms with E-state index >= 15 is 0 Å². The zero-order chi connectivity index (χ0) is 20.5. The SMILES string of the molecule is CCOc1cc(/C=C(/C#N)C(=O)Nc2cccc(Br)c2)cc(Br)c1OCC#N. The van der Waals surface area contributed by atoms with Gasteiger partial charge in [0, 0.05) is 10.2 Å². The number of nitriles is 2. The van der Waals surface area contributed by atoms with E-state index in [2.05, 4.69) is 37.2 Å². The molecule has 2 aromatic carbocycles. The maximum Gasteiger partial charge on any atom is 0.266 e. The molecule has 0 atom stereocenters. The van der Waals surface area contributed by atoms with Gasteiger partial charge < -0.3 is 14.8 Å². The lowest BCUT2D eigenvalue weighted by Crippen LogP contribution is -2.13. The van der Waals surface area contributed by atoms with Crippen molar-refractivity contribution in [3.05, 3.63) is 56.5 Å². The van der Waals surface area contributed by atoms with Gasteiger partial charge in [0.05, 0.1) is 11.1 Å². The fourth-order valence-electron chi connectivity index (χ4n) is 2.26. The number of nitrogens with one attached hydrogen (secondary N) is 1. The second-order valence-corrected chi connectivity index (χ2v) is 7.11. The first kappa shape index (κ1) is 21.5. The summed E-state index contributed by atoms with van der Waals surface area (Å²) in [5.74, 6) is 0.264. The van der Waals surface area contributed by atoms with Gasteiger partial charge in [0.1, 0.15) is 17.7 Å².